The first kappa shape index (κ1) is 36.4. The first-order valence-corrected chi connectivity index (χ1v) is 20.4. The van der Waals surface area contributed by atoms with Crippen LogP contribution in [-0.4, -0.2) is 0 Å². The average molecular weight is 767 g/mol. The van der Waals surface area contributed by atoms with E-state index in [2.05, 4.69) is 228 Å². The Morgan fingerprint density at radius 3 is 1.20 bits per heavy atom. The maximum Gasteiger partial charge on any atom is 0.0540 e. The summed E-state index contributed by atoms with van der Waals surface area (Å²) in [6.07, 6.45) is 0. The third kappa shape index (κ3) is 6.41. The molecular weight excluding hydrogens is 725 g/mol. The quantitative estimate of drug-likeness (QED) is 0.128. The molecule has 0 heterocycles. The van der Waals surface area contributed by atoms with E-state index in [0.717, 1.165) is 67.2 Å². The van der Waals surface area contributed by atoms with Crippen molar-refractivity contribution in [2.45, 2.75) is 0 Å². The predicted molar refractivity (Wildman–Crippen MR) is 258 cm³/mol. The largest absolute Gasteiger partial charge is 0.310 e. The predicted octanol–water partition coefficient (Wildman–Crippen LogP) is 16.2. The molecule has 2 nitrogen and oxygen atoms in total. The van der Waals surface area contributed by atoms with Gasteiger partial charge in [0.2, 0.25) is 0 Å². The number of hydrogen-bond donors (Lipinski definition) is 0. The number of para-hydroxylation sites is 4. The van der Waals surface area contributed by atoms with Crippen LogP contribution in [0.15, 0.2) is 244 Å². The fraction of sp³-hybridized carbons (Fsp3) is 0. The highest BCUT2D eigenvalue weighted by molar-refractivity contribution is 6.23. The van der Waals surface area contributed by atoms with Gasteiger partial charge < -0.3 is 9.80 Å². The van der Waals surface area contributed by atoms with E-state index in [9.17, 15) is 0 Å². The zero-order chi connectivity index (χ0) is 40.4. The van der Waals surface area contributed by atoms with E-state index in [-0.39, 0.29) is 0 Å². The highest BCUT2D eigenvalue weighted by Crippen LogP contribution is 2.48. The molecule has 0 aliphatic carbocycles. The maximum atomic E-state index is 4.92. The molecule has 0 saturated carbocycles. The molecule has 10 aromatic carbocycles. The summed E-state index contributed by atoms with van der Waals surface area (Å²) in [5.74, 6) is 0. The van der Waals surface area contributed by atoms with Gasteiger partial charge in [0.05, 0.1) is 5.69 Å². The number of benzene rings is 10. The monoisotopic (exact) mass is 766 g/mol. The van der Waals surface area contributed by atoms with Crippen molar-refractivity contribution in [3.8, 4) is 11.1 Å². The van der Waals surface area contributed by atoms with Gasteiger partial charge in [0, 0.05) is 39.4 Å². The van der Waals surface area contributed by atoms with Gasteiger partial charge in [-0.15, -0.1) is 0 Å². The molecule has 0 fully saturated rings. The summed E-state index contributed by atoms with van der Waals surface area (Å²) in [7, 11) is 0. The molecule has 0 unspecified atom stereocenters. The summed E-state index contributed by atoms with van der Waals surface area (Å²) in [6, 6.07) is 81.8. The Balaban J connectivity index is 1.17. The van der Waals surface area contributed by atoms with Gasteiger partial charge in [0.1, 0.15) is 0 Å². The summed E-state index contributed by atoms with van der Waals surface area (Å²) >= 11 is 0. The lowest BCUT2D eigenvalue weighted by Crippen LogP contribution is -2.15. The Morgan fingerprint density at radius 2 is 0.700 bits per heavy atom. The molecular formula is C58H42N2. The van der Waals surface area contributed by atoms with E-state index in [1.807, 2.05) is 12.1 Å². The summed E-state index contributed by atoms with van der Waals surface area (Å²) in [5.41, 5.74) is 12.9. The molecule has 0 bridgehead atoms. The molecule has 0 amide bonds. The molecule has 0 atom stereocenters. The van der Waals surface area contributed by atoms with Crippen LogP contribution in [0, 0.1) is 0 Å². The van der Waals surface area contributed by atoms with Crippen molar-refractivity contribution in [3.05, 3.63) is 260 Å². The van der Waals surface area contributed by atoms with Crippen molar-refractivity contribution in [1.82, 2.24) is 0 Å². The van der Waals surface area contributed by atoms with Crippen LogP contribution in [-0.2, 0) is 0 Å². The number of anilines is 5. The van der Waals surface area contributed by atoms with E-state index in [1.165, 1.54) is 32.7 Å². The molecule has 10 rings (SSSR count). The molecule has 60 heavy (non-hydrogen) atoms. The van der Waals surface area contributed by atoms with Crippen LogP contribution >= 0.6 is 0 Å². The van der Waals surface area contributed by atoms with Crippen LogP contribution in [0.5, 0.6) is 0 Å². The van der Waals surface area contributed by atoms with Gasteiger partial charge in [-0.05, 0) is 109 Å². The van der Waals surface area contributed by atoms with Gasteiger partial charge in [0.15, 0.2) is 0 Å². The molecule has 0 radical (unpaired) electrons. The van der Waals surface area contributed by atoms with Gasteiger partial charge in [-0.2, -0.15) is 0 Å². The lowest BCUT2D eigenvalue weighted by atomic mass is 9.82. The minimum atomic E-state index is 0.876. The highest BCUT2D eigenvalue weighted by Gasteiger charge is 2.24. The molecule has 0 N–H and O–H groups in total. The van der Waals surface area contributed by atoms with E-state index >= 15 is 0 Å². The Labute approximate surface area is 351 Å². The first-order valence-electron chi connectivity index (χ1n) is 20.4. The van der Waals surface area contributed by atoms with E-state index < -0.39 is 0 Å². The number of fused-ring (bicyclic) bond motifs is 3. The number of rotatable bonds is 10. The normalized spacial score (nSPS) is 11.1. The van der Waals surface area contributed by atoms with E-state index in [0.29, 0.717) is 0 Å². The first-order chi connectivity index (χ1) is 29.7. The Hall–Kier alpha value is -7.94. The van der Waals surface area contributed by atoms with Crippen molar-refractivity contribution >= 4 is 72.0 Å². The molecule has 0 spiro atoms. The third-order valence-electron chi connectivity index (χ3n) is 11.5. The number of nitrogens with zero attached hydrogens (tertiary/aromatic N) is 2. The van der Waals surface area contributed by atoms with Crippen molar-refractivity contribution in [2.75, 3.05) is 9.80 Å². The molecule has 0 aromatic heterocycles. The second kappa shape index (κ2) is 15.8. The van der Waals surface area contributed by atoms with Crippen LogP contribution in [0.2, 0.25) is 0 Å². The molecule has 0 saturated heterocycles. The second-order valence-corrected chi connectivity index (χ2v) is 15.0. The molecule has 284 valence electrons. The van der Waals surface area contributed by atoms with Gasteiger partial charge in [0.25, 0.3) is 0 Å². The summed E-state index contributed by atoms with van der Waals surface area (Å²) < 4.78 is 0. The van der Waals surface area contributed by atoms with Crippen LogP contribution in [0.1, 0.15) is 16.7 Å². The molecule has 10 aromatic rings. The highest BCUT2D eigenvalue weighted by atomic mass is 15.2. The zero-order valence-electron chi connectivity index (χ0n) is 33.2. The average Bonchev–Trinajstić information content (AvgIpc) is 3.32. The Morgan fingerprint density at radius 1 is 0.317 bits per heavy atom. The van der Waals surface area contributed by atoms with Crippen molar-refractivity contribution in [3.63, 3.8) is 0 Å². The second-order valence-electron chi connectivity index (χ2n) is 15.0. The van der Waals surface area contributed by atoms with Gasteiger partial charge in [-0.25, -0.2) is 0 Å². The Kier molecular flexibility index (Phi) is 9.57. The standard InChI is InChI=1S/C58H42N2/c1-41(47-31-15-16-32-48(47)42(2)59(43-23-7-3-8-24-43)44-25-9-4-10-26-44)57-51-35-19-21-37-53(51)58(54-38-22-20-36-52(54)57)55-39-40-56(50-34-18-17-33-49(50)55)60(45-27-11-5-12-28-45)46-29-13-6-14-30-46/h3-40H,1-2H2. The van der Waals surface area contributed by atoms with Gasteiger partial charge >= 0.3 is 0 Å². The summed E-state index contributed by atoms with van der Waals surface area (Å²) in [4.78, 5) is 4.59. The maximum absolute atomic E-state index is 4.92. The lowest BCUT2D eigenvalue weighted by molar-refractivity contribution is 1.29. The van der Waals surface area contributed by atoms with E-state index in [1.54, 1.807) is 0 Å². The van der Waals surface area contributed by atoms with Gasteiger partial charge in [-0.3, -0.25) is 0 Å². The van der Waals surface area contributed by atoms with E-state index in [4.69, 9.17) is 13.2 Å². The lowest BCUT2D eigenvalue weighted by Gasteiger charge is -2.29. The van der Waals surface area contributed by atoms with Crippen LogP contribution in [0.4, 0.5) is 28.4 Å². The van der Waals surface area contributed by atoms with Gasteiger partial charge in [-0.1, -0.05) is 189 Å². The fourth-order valence-corrected chi connectivity index (χ4v) is 8.89. The van der Waals surface area contributed by atoms with Crippen molar-refractivity contribution < 1.29 is 0 Å². The minimum absolute atomic E-state index is 0.876. The topological polar surface area (TPSA) is 6.48 Å². The molecule has 2 heteroatoms. The van der Waals surface area contributed by atoms with Crippen LogP contribution in [0.3, 0.4) is 0 Å². The zero-order valence-corrected chi connectivity index (χ0v) is 33.2. The summed E-state index contributed by atoms with van der Waals surface area (Å²) in [5, 5.41) is 7.04. The van der Waals surface area contributed by atoms with Crippen LogP contribution < -0.4 is 9.80 Å². The number of hydrogen-bond acceptors (Lipinski definition) is 2. The van der Waals surface area contributed by atoms with Crippen LogP contribution in [0.25, 0.3) is 54.7 Å². The van der Waals surface area contributed by atoms with Crippen molar-refractivity contribution in [1.29, 1.82) is 0 Å². The fourth-order valence-electron chi connectivity index (χ4n) is 8.89. The smallest absolute Gasteiger partial charge is 0.0540 e. The SMILES string of the molecule is C=C(c1ccccc1C(=C)N(c1ccccc1)c1ccccc1)c1c2ccccc2c(-c2ccc(N(c3ccccc3)c3ccccc3)c3ccccc23)c2ccccc12. The Bertz CT molecular complexity index is 3040. The third-order valence-corrected chi connectivity index (χ3v) is 11.5. The van der Waals surface area contributed by atoms with Crippen molar-refractivity contribution in [2.24, 2.45) is 0 Å². The molecule has 0 aliphatic heterocycles. The minimum Gasteiger partial charge on any atom is -0.310 e. The molecule has 0 aliphatic rings. The summed E-state index contributed by atoms with van der Waals surface area (Å²) in [6.45, 7) is 9.68.